The number of piperidine rings is 1. The Morgan fingerprint density at radius 2 is 1.88 bits per heavy atom. The molecule has 1 saturated carbocycles. The molecule has 0 bridgehead atoms. The summed E-state index contributed by atoms with van der Waals surface area (Å²) in [7, 11) is 0. The molecule has 1 aliphatic carbocycles. The van der Waals surface area contributed by atoms with Gasteiger partial charge >= 0.3 is 6.18 Å². The number of rotatable bonds is 8. The number of hydrogen-bond donors (Lipinski definition) is 2. The molecule has 0 radical (unpaired) electrons. The third kappa shape index (κ3) is 6.27. The molecule has 3 fully saturated rings. The van der Waals surface area contributed by atoms with Crippen LogP contribution in [0.15, 0.2) is 30.6 Å². The van der Waals surface area contributed by atoms with Crippen molar-refractivity contribution in [3.05, 3.63) is 42.0 Å². The van der Waals surface area contributed by atoms with Crippen molar-refractivity contribution in [1.82, 2.24) is 25.5 Å². The highest BCUT2D eigenvalue weighted by Crippen LogP contribution is 2.53. The quantitative estimate of drug-likeness (QED) is 0.369. The average molecular weight is 564 g/mol. The van der Waals surface area contributed by atoms with Crippen molar-refractivity contribution in [1.29, 1.82) is 0 Å². The van der Waals surface area contributed by atoms with Crippen molar-refractivity contribution >= 4 is 11.8 Å². The fourth-order valence-corrected chi connectivity index (χ4v) is 5.65. The number of imide groups is 1. The zero-order chi connectivity index (χ0) is 28.3. The maximum absolute atomic E-state index is 14.8. The standard InChI is InChI=1S/C28H33F4N5O3/c29-21-13-19(25(38)36-26(39)22-3-1-10-33-22)4-5-20(21)23-14-35-24(15-34-23)40-16-18-6-11-37(12-7-18)17-27(8-2-9-27)28(30,31)32/h4-5,13-15,18,22,33H,1-3,6-12,16-17H2,(H,36,38,39). The number of benzene rings is 1. The molecule has 2 N–H and O–H groups in total. The Bertz CT molecular complexity index is 1210. The summed E-state index contributed by atoms with van der Waals surface area (Å²) in [4.78, 5) is 34.9. The van der Waals surface area contributed by atoms with Gasteiger partial charge in [0.1, 0.15) is 5.82 Å². The smallest absolute Gasteiger partial charge is 0.395 e. The number of hydrogen-bond acceptors (Lipinski definition) is 7. The number of likely N-dealkylation sites (tertiary alicyclic amines) is 1. The largest absolute Gasteiger partial charge is 0.476 e. The highest BCUT2D eigenvalue weighted by Gasteiger charge is 2.58. The summed E-state index contributed by atoms with van der Waals surface area (Å²) in [6.07, 6.45) is 2.68. The van der Waals surface area contributed by atoms with E-state index in [0.717, 1.165) is 25.3 Å². The number of nitrogens with one attached hydrogen (secondary N) is 2. The Kier molecular flexibility index (Phi) is 8.37. The van der Waals surface area contributed by atoms with Crippen molar-refractivity contribution in [2.75, 3.05) is 32.8 Å². The molecule has 3 heterocycles. The van der Waals surface area contributed by atoms with Gasteiger partial charge in [-0.3, -0.25) is 14.9 Å². The van der Waals surface area contributed by atoms with Crippen LogP contribution in [0.25, 0.3) is 11.3 Å². The second-order valence-corrected chi connectivity index (χ2v) is 11.1. The topological polar surface area (TPSA) is 96.5 Å². The van der Waals surface area contributed by atoms with Gasteiger partial charge in [0, 0.05) is 17.7 Å². The number of amides is 2. The van der Waals surface area contributed by atoms with Gasteiger partial charge in [0.25, 0.3) is 5.91 Å². The molecule has 12 heteroatoms. The molecule has 8 nitrogen and oxygen atoms in total. The van der Waals surface area contributed by atoms with E-state index in [0.29, 0.717) is 39.1 Å². The molecule has 1 atom stereocenters. The molecule has 40 heavy (non-hydrogen) atoms. The Balaban J connectivity index is 1.09. The lowest BCUT2D eigenvalue weighted by molar-refractivity contribution is -0.256. The van der Waals surface area contributed by atoms with Crippen LogP contribution in [-0.2, 0) is 4.79 Å². The lowest BCUT2D eigenvalue weighted by atomic mass is 9.67. The predicted octanol–water partition coefficient (Wildman–Crippen LogP) is 4.11. The van der Waals surface area contributed by atoms with Crippen molar-refractivity contribution < 1.29 is 31.9 Å². The zero-order valence-corrected chi connectivity index (χ0v) is 22.1. The van der Waals surface area contributed by atoms with E-state index in [9.17, 15) is 27.2 Å². The normalized spacial score (nSPS) is 21.6. The Labute approximate surface area is 229 Å². The first-order valence-corrected chi connectivity index (χ1v) is 13.8. The minimum atomic E-state index is -4.15. The van der Waals surface area contributed by atoms with Crippen LogP contribution in [0.4, 0.5) is 17.6 Å². The summed E-state index contributed by atoms with van der Waals surface area (Å²) in [5.74, 6) is -1.31. The molecule has 5 rings (SSSR count). The minimum absolute atomic E-state index is 0.0211. The number of alkyl halides is 3. The molecule has 216 valence electrons. The first-order valence-electron chi connectivity index (χ1n) is 13.8. The molecule has 3 aliphatic rings. The highest BCUT2D eigenvalue weighted by atomic mass is 19.4. The lowest BCUT2D eigenvalue weighted by Crippen LogP contribution is -2.53. The average Bonchev–Trinajstić information content (AvgIpc) is 3.45. The maximum Gasteiger partial charge on any atom is 0.395 e. The van der Waals surface area contributed by atoms with Gasteiger partial charge in [0.15, 0.2) is 0 Å². The third-order valence-corrected chi connectivity index (χ3v) is 8.36. The van der Waals surface area contributed by atoms with Gasteiger partial charge in [0.05, 0.1) is 36.2 Å². The van der Waals surface area contributed by atoms with E-state index >= 15 is 0 Å². The molecule has 2 saturated heterocycles. The van der Waals surface area contributed by atoms with E-state index in [4.69, 9.17) is 4.74 Å². The third-order valence-electron chi connectivity index (χ3n) is 8.36. The van der Waals surface area contributed by atoms with Gasteiger partial charge in [-0.05, 0) is 82.3 Å². The highest BCUT2D eigenvalue weighted by molar-refractivity contribution is 6.06. The van der Waals surface area contributed by atoms with Crippen molar-refractivity contribution in [2.24, 2.45) is 11.3 Å². The lowest BCUT2D eigenvalue weighted by Gasteiger charge is -2.47. The summed E-state index contributed by atoms with van der Waals surface area (Å²) in [6, 6.07) is 3.47. The second kappa shape index (κ2) is 11.8. The van der Waals surface area contributed by atoms with Crippen LogP contribution in [0, 0.1) is 17.2 Å². The van der Waals surface area contributed by atoms with Crippen LogP contribution in [-0.4, -0.2) is 71.7 Å². The van der Waals surface area contributed by atoms with Crippen LogP contribution in [0.2, 0.25) is 0 Å². The van der Waals surface area contributed by atoms with Crippen molar-refractivity contribution in [2.45, 2.75) is 57.2 Å². The van der Waals surface area contributed by atoms with Gasteiger partial charge in [-0.2, -0.15) is 13.2 Å². The van der Waals surface area contributed by atoms with Crippen LogP contribution < -0.4 is 15.4 Å². The molecule has 2 aliphatic heterocycles. The van der Waals surface area contributed by atoms with Gasteiger partial charge in [0.2, 0.25) is 11.8 Å². The first-order chi connectivity index (χ1) is 19.1. The number of ether oxygens (including phenoxy) is 1. The van der Waals surface area contributed by atoms with Crippen LogP contribution in [0.1, 0.15) is 55.3 Å². The summed E-state index contributed by atoms with van der Waals surface area (Å²) >= 11 is 0. The number of halogens is 4. The van der Waals surface area contributed by atoms with E-state index in [1.54, 1.807) is 0 Å². The van der Waals surface area contributed by atoms with Gasteiger partial charge < -0.3 is 15.0 Å². The summed E-state index contributed by atoms with van der Waals surface area (Å²) in [5.41, 5.74) is -1.11. The summed E-state index contributed by atoms with van der Waals surface area (Å²) < 4.78 is 61.0. The number of carbonyl (C=O) groups excluding carboxylic acids is 2. The molecule has 1 aromatic carbocycles. The van der Waals surface area contributed by atoms with Gasteiger partial charge in [-0.25, -0.2) is 14.4 Å². The fourth-order valence-electron chi connectivity index (χ4n) is 5.65. The number of aromatic nitrogens is 2. The minimum Gasteiger partial charge on any atom is -0.476 e. The molecular weight excluding hydrogens is 530 g/mol. The number of carbonyl (C=O) groups is 2. The molecule has 0 spiro atoms. The van der Waals surface area contributed by atoms with E-state index in [-0.39, 0.29) is 48.0 Å². The number of nitrogens with zero attached hydrogens (tertiary/aromatic N) is 3. The van der Waals surface area contributed by atoms with Crippen LogP contribution in [0.5, 0.6) is 5.88 Å². The summed E-state index contributed by atoms with van der Waals surface area (Å²) in [5, 5.41) is 5.30. The zero-order valence-electron chi connectivity index (χ0n) is 22.1. The Morgan fingerprint density at radius 1 is 1.10 bits per heavy atom. The molecule has 2 amide bonds. The van der Waals surface area contributed by atoms with E-state index < -0.39 is 35.3 Å². The van der Waals surface area contributed by atoms with Crippen molar-refractivity contribution in [3.8, 4) is 17.1 Å². The van der Waals surface area contributed by atoms with Crippen LogP contribution in [0.3, 0.4) is 0 Å². The molecule has 1 aromatic heterocycles. The van der Waals surface area contributed by atoms with E-state index in [1.165, 1.54) is 24.5 Å². The molecular formula is C28H33F4N5O3. The summed E-state index contributed by atoms with van der Waals surface area (Å²) in [6.45, 7) is 2.38. The fraction of sp³-hybridized carbons (Fsp3) is 0.571. The molecule has 2 aromatic rings. The molecule has 1 unspecified atom stereocenters. The SMILES string of the molecule is O=C(NC(=O)C1CCCN1)c1ccc(-c2cnc(OCC3CCN(CC4(C(F)(F)F)CCC4)CC3)cn2)c(F)c1. The van der Waals surface area contributed by atoms with Gasteiger partial charge in [-0.15, -0.1) is 0 Å². The Morgan fingerprint density at radius 3 is 2.45 bits per heavy atom. The van der Waals surface area contributed by atoms with Gasteiger partial charge in [-0.1, -0.05) is 6.42 Å². The van der Waals surface area contributed by atoms with Crippen LogP contribution >= 0.6 is 0 Å². The Hall–Kier alpha value is -3.12. The van der Waals surface area contributed by atoms with E-state index in [1.807, 2.05) is 4.90 Å². The second-order valence-electron chi connectivity index (χ2n) is 11.1. The first kappa shape index (κ1) is 28.4. The monoisotopic (exact) mass is 563 g/mol. The van der Waals surface area contributed by atoms with Crippen molar-refractivity contribution in [3.63, 3.8) is 0 Å². The van der Waals surface area contributed by atoms with E-state index in [2.05, 4.69) is 20.6 Å². The maximum atomic E-state index is 14.8. The predicted molar refractivity (Wildman–Crippen MR) is 138 cm³/mol.